The van der Waals surface area contributed by atoms with E-state index in [2.05, 4.69) is 10.3 Å². The van der Waals surface area contributed by atoms with Gasteiger partial charge >= 0.3 is 6.18 Å². The maximum atomic E-state index is 13.0. The molecule has 0 amide bonds. The van der Waals surface area contributed by atoms with Crippen molar-refractivity contribution in [2.75, 3.05) is 18.1 Å². The van der Waals surface area contributed by atoms with Gasteiger partial charge in [-0.2, -0.15) is 13.2 Å². The summed E-state index contributed by atoms with van der Waals surface area (Å²) in [7, 11) is 1.62. The standard InChI is InChI=1S/C11H16F3N3/c1-6(2)9(11(12,13)14)8-4-7(16-3)5-17-10(8)15/h4-6,9,16H,1-3H3,(H2,15,17). The highest BCUT2D eigenvalue weighted by atomic mass is 19.4. The molecule has 6 heteroatoms. The molecule has 0 aliphatic rings. The summed E-state index contributed by atoms with van der Waals surface area (Å²) in [5, 5.41) is 2.75. The quantitative estimate of drug-likeness (QED) is 0.863. The highest BCUT2D eigenvalue weighted by molar-refractivity contribution is 5.53. The average Bonchev–Trinajstić information content (AvgIpc) is 2.18. The second-order valence-corrected chi connectivity index (χ2v) is 4.21. The molecule has 17 heavy (non-hydrogen) atoms. The molecule has 1 atom stereocenters. The molecular weight excluding hydrogens is 231 g/mol. The molecule has 0 saturated heterocycles. The van der Waals surface area contributed by atoms with Crippen molar-refractivity contribution in [2.24, 2.45) is 5.92 Å². The molecule has 0 bridgehead atoms. The molecule has 0 fully saturated rings. The maximum Gasteiger partial charge on any atom is 0.396 e. The van der Waals surface area contributed by atoms with E-state index < -0.39 is 18.0 Å². The van der Waals surface area contributed by atoms with Crippen molar-refractivity contribution in [1.82, 2.24) is 4.98 Å². The largest absolute Gasteiger partial charge is 0.396 e. The number of pyridine rings is 1. The Morgan fingerprint density at radius 2 is 1.94 bits per heavy atom. The van der Waals surface area contributed by atoms with Crippen LogP contribution in [0.4, 0.5) is 24.7 Å². The Morgan fingerprint density at radius 1 is 1.35 bits per heavy atom. The molecule has 1 unspecified atom stereocenters. The molecular formula is C11H16F3N3. The number of halogens is 3. The van der Waals surface area contributed by atoms with Gasteiger partial charge < -0.3 is 11.1 Å². The van der Waals surface area contributed by atoms with Crippen LogP contribution < -0.4 is 11.1 Å². The third kappa shape index (κ3) is 3.01. The maximum absolute atomic E-state index is 13.0. The zero-order valence-corrected chi connectivity index (χ0v) is 9.97. The number of nitrogens with two attached hydrogens (primary N) is 1. The first kappa shape index (κ1) is 13.6. The number of anilines is 2. The van der Waals surface area contributed by atoms with Gasteiger partial charge in [0.25, 0.3) is 0 Å². The second kappa shape index (κ2) is 4.81. The number of alkyl halides is 3. The van der Waals surface area contributed by atoms with Crippen LogP contribution in [0, 0.1) is 5.92 Å². The number of nitrogens with zero attached hydrogens (tertiary/aromatic N) is 1. The van der Waals surface area contributed by atoms with Gasteiger partial charge in [0.15, 0.2) is 0 Å². The molecule has 0 saturated carbocycles. The third-order valence-electron chi connectivity index (χ3n) is 2.59. The first-order valence-corrected chi connectivity index (χ1v) is 5.27. The predicted octanol–water partition coefficient (Wildman–Crippen LogP) is 3.01. The fourth-order valence-corrected chi connectivity index (χ4v) is 1.79. The molecule has 1 aromatic rings. The minimum Gasteiger partial charge on any atom is -0.387 e. The van der Waals surface area contributed by atoms with Crippen LogP contribution in [0.15, 0.2) is 12.3 Å². The van der Waals surface area contributed by atoms with Crippen molar-refractivity contribution in [1.29, 1.82) is 0 Å². The second-order valence-electron chi connectivity index (χ2n) is 4.21. The summed E-state index contributed by atoms with van der Waals surface area (Å²) in [5.41, 5.74) is 6.09. The number of hydrogen-bond acceptors (Lipinski definition) is 3. The van der Waals surface area contributed by atoms with Crippen LogP contribution in [0.25, 0.3) is 0 Å². The van der Waals surface area contributed by atoms with E-state index in [4.69, 9.17) is 5.73 Å². The van der Waals surface area contributed by atoms with Crippen LogP contribution in [-0.4, -0.2) is 18.2 Å². The number of rotatable bonds is 3. The van der Waals surface area contributed by atoms with Gasteiger partial charge in [-0.1, -0.05) is 13.8 Å². The van der Waals surface area contributed by atoms with Gasteiger partial charge in [0.05, 0.1) is 17.8 Å². The summed E-state index contributed by atoms with van der Waals surface area (Å²) in [5.74, 6) is -2.26. The minimum atomic E-state index is -4.32. The molecule has 3 N–H and O–H groups in total. The van der Waals surface area contributed by atoms with Crippen molar-refractivity contribution in [3.05, 3.63) is 17.8 Å². The number of nitrogens with one attached hydrogen (secondary N) is 1. The predicted molar refractivity (Wildman–Crippen MR) is 61.8 cm³/mol. The van der Waals surface area contributed by atoms with Crippen LogP contribution >= 0.6 is 0 Å². The van der Waals surface area contributed by atoms with Crippen molar-refractivity contribution in [2.45, 2.75) is 25.9 Å². The van der Waals surface area contributed by atoms with E-state index in [-0.39, 0.29) is 11.4 Å². The van der Waals surface area contributed by atoms with Crippen LogP contribution in [-0.2, 0) is 0 Å². The summed E-state index contributed by atoms with van der Waals surface area (Å²) in [6.07, 6.45) is -2.91. The first-order valence-electron chi connectivity index (χ1n) is 5.27. The molecule has 96 valence electrons. The molecule has 0 aliphatic heterocycles. The lowest BCUT2D eigenvalue weighted by molar-refractivity contribution is -0.159. The molecule has 0 aliphatic carbocycles. The lowest BCUT2D eigenvalue weighted by atomic mass is 9.88. The fourth-order valence-electron chi connectivity index (χ4n) is 1.79. The van der Waals surface area contributed by atoms with E-state index in [1.807, 2.05) is 0 Å². The smallest absolute Gasteiger partial charge is 0.387 e. The van der Waals surface area contributed by atoms with Crippen LogP contribution in [0.5, 0.6) is 0 Å². The van der Waals surface area contributed by atoms with Crippen LogP contribution in [0.1, 0.15) is 25.3 Å². The molecule has 0 radical (unpaired) electrons. The normalized spacial score (nSPS) is 13.8. The fraction of sp³-hybridized carbons (Fsp3) is 0.545. The zero-order chi connectivity index (χ0) is 13.2. The van der Waals surface area contributed by atoms with Crippen molar-refractivity contribution >= 4 is 11.5 Å². The SMILES string of the molecule is CNc1cnc(N)c(C(C(C)C)C(F)(F)F)c1. The Kier molecular flexibility index (Phi) is 3.85. The third-order valence-corrected chi connectivity index (χ3v) is 2.59. The van der Waals surface area contributed by atoms with Crippen LogP contribution in [0.3, 0.4) is 0 Å². The Balaban J connectivity index is 3.27. The number of nitrogen functional groups attached to an aromatic ring is 1. The summed E-state index contributed by atoms with van der Waals surface area (Å²) in [4.78, 5) is 3.78. The summed E-state index contributed by atoms with van der Waals surface area (Å²) in [6, 6.07) is 1.40. The van der Waals surface area contributed by atoms with Gasteiger partial charge in [0.1, 0.15) is 5.82 Å². The van der Waals surface area contributed by atoms with Crippen molar-refractivity contribution in [3.8, 4) is 0 Å². The van der Waals surface area contributed by atoms with E-state index in [1.165, 1.54) is 26.1 Å². The van der Waals surface area contributed by atoms with E-state index in [1.54, 1.807) is 7.05 Å². The summed E-state index contributed by atoms with van der Waals surface area (Å²) in [6.45, 7) is 3.04. The Bertz CT molecular complexity index is 388. The lowest BCUT2D eigenvalue weighted by Gasteiger charge is -2.25. The number of hydrogen-bond donors (Lipinski definition) is 2. The van der Waals surface area contributed by atoms with E-state index in [0.717, 1.165) is 0 Å². The van der Waals surface area contributed by atoms with E-state index in [9.17, 15) is 13.2 Å². The lowest BCUT2D eigenvalue weighted by Crippen LogP contribution is -2.26. The van der Waals surface area contributed by atoms with E-state index >= 15 is 0 Å². The van der Waals surface area contributed by atoms with Gasteiger partial charge in [-0.25, -0.2) is 4.98 Å². The summed E-state index contributed by atoms with van der Waals surface area (Å²) < 4.78 is 38.9. The number of aromatic nitrogens is 1. The van der Waals surface area contributed by atoms with E-state index in [0.29, 0.717) is 5.69 Å². The first-order chi connectivity index (χ1) is 7.77. The highest BCUT2D eigenvalue weighted by Gasteiger charge is 2.43. The minimum absolute atomic E-state index is 0.0272. The van der Waals surface area contributed by atoms with Gasteiger partial charge in [0.2, 0.25) is 0 Å². The molecule has 1 heterocycles. The molecule has 1 aromatic heterocycles. The molecule has 3 nitrogen and oxygen atoms in total. The molecule has 0 aromatic carbocycles. The highest BCUT2D eigenvalue weighted by Crippen LogP contribution is 2.42. The van der Waals surface area contributed by atoms with Gasteiger partial charge in [0, 0.05) is 12.6 Å². The summed E-state index contributed by atoms with van der Waals surface area (Å²) >= 11 is 0. The van der Waals surface area contributed by atoms with Gasteiger partial charge in [-0.05, 0) is 12.0 Å². The zero-order valence-electron chi connectivity index (χ0n) is 9.97. The topological polar surface area (TPSA) is 50.9 Å². The molecule has 1 rings (SSSR count). The van der Waals surface area contributed by atoms with Crippen LogP contribution in [0.2, 0.25) is 0 Å². The van der Waals surface area contributed by atoms with Gasteiger partial charge in [-0.3, -0.25) is 0 Å². The Hall–Kier alpha value is -1.46. The monoisotopic (exact) mass is 247 g/mol. The Morgan fingerprint density at radius 3 is 2.35 bits per heavy atom. The van der Waals surface area contributed by atoms with Gasteiger partial charge in [-0.15, -0.1) is 0 Å². The van der Waals surface area contributed by atoms with Crippen molar-refractivity contribution < 1.29 is 13.2 Å². The average molecular weight is 247 g/mol. The Labute approximate surface area is 98.2 Å². The van der Waals surface area contributed by atoms with Crippen molar-refractivity contribution in [3.63, 3.8) is 0 Å². The molecule has 0 spiro atoms.